The van der Waals surface area contributed by atoms with Gasteiger partial charge < -0.3 is 24.4 Å². The number of alkyl halides is 2. The lowest BCUT2D eigenvalue weighted by molar-refractivity contribution is 0.0126. The number of anilines is 2. The van der Waals surface area contributed by atoms with Crippen LogP contribution in [-0.2, 0) is 23.7 Å². The van der Waals surface area contributed by atoms with Crippen molar-refractivity contribution in [2.24, 2.45) is 0 Å². The highest BCUT2D eigenvalue weighted by Gasteiger charge is 2.27. The smallest absolute Gasteiger partial charge is 0.340 e. The number of benzene rings is 2. The van der Waals surface area contributed by atoms with E-state index < -0.39 is 23.5 Å². The second-order valence-electron chi connectivity index (χ2n) is 9.38. The van der Waals surface area contributed by atoms with Crippen LogP contribution in [0.1, 0.15) is 44.6 Å². The molecule has 0 spiro atoms. The average molecular weight is 577 g/mol. The van der Waals surface area contributed by atoms with E-state index in [0.29, 0.717) is 37.3 Å². The maximum atomic E-state index is 13.8. The van der Waals surface area contributed by atoms with Gasteiger partial charge in [0.2, 0.25) is 0 Å². The number of hydrogen-bond acceptors (Lipinski definition) is 8. The van der Waals surface area contributed by atoms with E-state index in [2.05, 4.69) is 15.3 Å². The first-order valence-electron chi connectivity index (χ1n) is 12.9. The quantitative estimate of drug-likeness (QED) is 0.222. The van der Waals surface area contributed by atoms with E-state index in [1.165, 1.54) is 31.5 Å². The maximum Gasteiger partial charge on any atom is 0.340 e. The van der Waals surface area contributed by atoms with Crippen molar-refractivity contribution in [1.82, 2.24) is 9.97 Å². The van der Waals surface area contributed by atoms with Gasteiger partial charge in [-0.05, 0) is 53.6 Å². The van der Waals surface area contributed by atoms with Crippen molar-refractivity contribution in [2.45, 2.75) is 25.9 Å². The average Bonchev–Trinajstić information content (AvgIpc) is 3.01. The number of ether oxygens (including phenoxy) is 3. The molecule has 0 aliphatic heterocycles. The van der Waals surface area contributed by atoms with Crippen LogP contribution in [0.4, 0.5) is 20.3 Å². The van der Waals surface area contributed by atoms with Gasteiger partial charge in [-0.15, -0.1) is 0 Å². The third-order valence-electron chi connectivity index (χ3n) is 6.36. The fourth-order valence-corrected chi connectivity index (χ4v) is 4.11. The second-order valence-corrected chi connectivity index (χ2v) is 9.38. The number of hydrogen-bond donors (Lipinski definition) is 1. The molecule has 2 heterocycles. The van der Waals surface area contributed by atoms with E-state index >= 15 is 0 Å². The summed E-state index contributed by atoms with van der Waals surface area (Å²) >= 11 is 0. The minimum absolute atomic E-state index is 0.0299. The summed E-state index contributed by atoms with van der Waals surface area (Å²) in [6, 6.07) is 20.4. The van der Waals surface area contributed by atoms with Crippen LogP contribution in [0.2, 0.25) is 0 Å². The molecule has 4 rings (SSSR count). The van der Waals surface area contributed by atoms with Crippen molar-refractivity contribution in [1.29, 1.82) is 0 Å². The predicted molar refractivity (Wildman–Crippen MR) is 153 cm³/mol. The molecule has 1 N–H and O–H groups in total. The van der Waals surface area contributed by atoms with Crippen LogP contribution in [0.3, 0.4) is 0 Å². The Labute approximate surface area is 242 Å². The number of aromatic nitrogens is 2. The van der Waals surface area contributed by atoms with E-state index in [9.17, 15) is 18.4 Å². The van der Waals surface area contributed by atoms with Crippen LogP contribution in [0.15, 0.2) is 79.0 Å². The van der Waals surface area contributed by atoms with Crippen LogP contribution >= 0.6 is 0 Å². The monoisotopic (exact) mass is 576 g/mol. The molecule has 0 aliphatic carbocycles. The molecule has 9 nitrogen and oxygen atoms in total. The maximum absolute atomic E-state index is 13.8. The molecule has 0 saturated heterocycles. The Morgan fingerprint density at radius 3 is 1.95 bits per heavy atom. The van der Waals surface area contributed by atoms with Gasteiger partial charge in [0, 0.05) is 20.0 Å². The first-order chi connectivity index (χ1) is 20.1. The first kappa shape index (κ1) is 29.9. The van der Waals surface area contributed by atoms with Crippen molar-refractivity contribution < 1.29 is 32.6 Å². The van der Waals surface area contributed by atoms with Crippen molar-refractivity contribution in [2.75, 3.05) is 31.5 Å². The van der Waals surface area contributed by atoms with E-state index in [0.717, 1.165) is 17.2 Å². The molecule has 218 valence electrons. The van der Waals surface area contributed by atoms with Gasteiger partial charge in [-0.25, -0.2) is 14.8 Å². The minimum atomic E-state index is -3.23. The third kappa shape index (κ3) is 7.36. The number of esters is 1. The Kier molecular flexibility index (Phi) is 9.31. The lowest BCUT2D eigenvalue weighted by Gasteiger charge is -2.25. The normalized spacial score (nSPS) is 11.0. The van der Waals surface area contributed by atoms with Gasteiger partial charge in [-0.3, -0.25) is 4.79 Å². The van der Waals surface area contributed by atoms with Gasteiger partial charge >= 0.3 is 5.97 Å². The van der Waals surface area contributed by atoms with Gasteiger partial charge in [0.1, 0.15) is 28.7 Å². The Hall–Kier alpha value is -5.06. The number of carbonyl (C=O) groups excluding carboxylic acids is 2. The molecule has 4 aromatic rings. The number of carbonyl (C=O) groups is 2. The number of amides is 1. The zero-order chi connectivity index (χ0) is 30.3. The molecular weight excluding hydrogens is 546 g/mol. The summed E-state index contributed by atoms with van der Waals surface area (Å²) in [5.41, 5.74) is 1.20. The molecule has 0 radical (unpaired) electrons. The van der Waals surface area contributed by atoms with Crippen molar-refractivity contribution in [3.63, 3.8) is 0 Å². The van der Waals surface area contributed by atoms with Crippen LogP contribution in [-0.4, -0.2) is 43.2 Å². The predicted octanol–water partition coefficient (Wildman–Crippen LogP) is 5.85. The molecule has 11 heteroatoms. The molecule has 2 aromatic heterocycles. The van der Waals surface area contributed by atoms with Gasteiger partial charge in [0.25, 0.3) is 11.8 Å². The highest BCUT2D eigenvalue weighted by atomic mass is 19.3. The van der Waals surface area contributed by atoms with Crippen molar-refractivity contribution in [3.05, 3.63) is 107 Å². The number of methoxy groups -OCH3 is 3. The van der Waals surface area contributed by atoms with Gasteiger partial charge in [-0.1, -0.05) is 30.3 Å². The topological polar surface area (TPSA) is 103 Å². The fourth-order valence-electron chi connectivity index (χ4n) is 4.11. The zero-order valence-corrected chi connectivity index (χ0v) is 23.6. The summed E-state index contributed by atoms with van der Waals surface area (Å²) in [6.07, 6.45) is 1.33. The molecule has 2 aromatic carbocycles. The SMILES string of the molecule is COC(=O)c1cc(N(Cc2ccc(OC)cc2)Cc2ccc(OC)cc2)ncc1NC(=O)c1cccc(C(C)(F)F)n1. The van der Waals surface area contributed by atoms with Crippen LogP contribution in [0.25, 0.3) is 0 Å². The fraction of sp³-hybridized carbons (Fsp3) is 0.226. The number of halogens is 2. The minimum Gasteiger partial charge on any atom is -0.497 e. The first-order valence-corrected chi connectivity index (χ1v) is 12.9. The summed E-state index contributed by atoms with van der Waals surface area (Å²) in [6.45, 7) is 1.55. The lowest BCUT2D eigenvalue weighted by atomic mass is 10.1. The zero-order valence-electron chi connectivity index (χ0n) is 23.6. The van der Waals surface area contributed by atoms with Crippen LogP contribution < -0.4 is 19.7 Å². The molecule has 1 amide bonds. The number of rotatable bonds is 11. The van der Waals surface area contributed by atoms with E-state index in [1.807, 2.05) is 53.4 Å². The summed E-state index contributed by atoms with van der Waals surface area (Å²) < 4.78 is 43.0. The number of nitrogens with one attached hydrogen (secondary N) is 1. The van der Waals surface area contributed by atoms with Crippen molar-refractivity contribution >= 4 is 23.4 Å². The highest BCUT2D eigenvalue weighted by Crippen LogP contribution is 2.27. The van der Waals surface area contributed by atoms with Crippen LogP contribution in [0, 0.1) is 0 Å². The van der Waals surface area contributed by atoms with Crippen LogP contribution in [0.5, 0.6) is 11.5 Å². The molecule has 42 heavy (non-hydrogen) atoms. The number of pyridine rings is 2. The Morgan fingerprint density at radius 1 is 0.881 bits per heavy atom. The van der Waals surface area contributed by atoms with E-state index in [1.54, 1.807) is 14.2 Å². The highest BCUT2D eigenvalue weighted by molar-refractivity contribution is 6.07. The van der Waals surface area contributed by atoms with Crippen molar-refractivity contribution in [3.8, 4) is 11.5 Å². The molecule has 0 saturated carbocycles. The summed E-state index contributed by atoms with van der Waals surface area (Å²) in [5, 5.41) is 2.56. The summed E-state index contributed by atoms with van der Waals surface area (Å²) in [4.78, 5) is 36.0. The number of nitrogens with zero attached hydrogens (tertiary/aromatic N) is 3. The van der Waals surface area contributed by atoms with E-state index in [-0.39, 0.29) is 16.9 Å². The molecular formula is C31H30F2N4O5. The molecule has 0 bridgehead atoms. The Bertz CT molecular complexity index is 1490. The van der Waals surface area contributed by atoms with Gasteiger partial charge in [0.05, 0.1) is 38.8 Å². The summed E-state index contributed by atoms with van der Waals surface area (Å²) in [5.74, 6) is -2.86. The second kappa shape index (κ2) is 13.1. The molecule has 0 atom stereocenters. The molecule has 0 aliphatic rings. The third-order valence-corrected chi connectivity index (χ3v) is 6.36. The molecule has 0 fully saturated rings. The standard InChI is InChI=1S/C31H30F2N4O5/c1-31(32,33)27-7-5-6-25(35-27)29(38)36-26-17-34-28(16-24(26)30(39)42-4)37(18-20-8-12-22(40-2)13-9-20)19-21-10-14-23(41-3)15-11-21/h5-17H,18-19H2,1-4H3,(H,36,38). The molecule has 0 unspecified atom stereocenters. The van der Waals surface area contributed by atoms with E-state index in [4.69, 9.17) is 14.2 Å². The largest absolute Gasteiger partial charge is 0.497 e. The summed E-state index contributed by atoms with van der Waals surface area (Å²) in [7, 11) is 4.40. The van der Waals surface area contributed by atoms with Gasteiger partial charge in [0.15, 0.2) is 0 Å². The lowest BCUT2D eigenvalue weighted by Crippen LogP contribution is -2.24. The Balaban J connectivity index is 1.68. The Morgan fingerprint density at radius 2 is 1.45 bits per heavy atom. The van der Waals surface area contributed by atoms with Gasteiger partial charge in [-0.2, -0.15) is 8.78 Å².